The number of likely N-dealkylation sites (tertiary alicyclic amines) is 1. The monoisotopic (exact) mass is 248 g/mol. The van der Waals surface area contributed by atoms with Crippen LogP contribution < -0.4 is 0 Å². The molecule has 2 aliphatic rings. The summed E-state index contributed by atoms with van der Waals surface area (Å²) in [4.78, 5) is 16.6. The van der Waals surface area contributed by atoms with E-state index in [0.717, 1.165) is 44.5 Å². The summed E-state index contributed by atoms with van der Waals surface area (Å²) in [6.07, 6.45) is 11.5. The van der Waals surface area contributed by atoms with Crippen LogP contribution in [-0.2, 0) is 4.79 Å². The molecule has 0 aromatic heterocycles. The van der Waals surface area contributed by atoms with Crippen molar-refractivity contribution in [1.29, 1.82) is 0 Å². The Kier molecular flexibility index (Phi) is 4.59. The molecule has 0 bridgehead atoms. The molecule has 1 amide bonds. The molecule has 0 N–H and O–H groups in total. The number of hydrogen-bond donors (Lipinski definition) is 0. The van der Waals surface area contributed by atoms with Crippen LogP contribution in [0.3, 0.4) is 0 Å². The Hall–Kier alpha value is -1.09. The van der Waals surface area contributed by atoms with Crippen LogP contribution in [0.2, 0.25) is 0 Å². The third-order valence-electron chi connectivity index (χ3n) is 3.88. The molecule has 18 heavy (non-hydrogen) atoms. The first-order chi connectivity index (χ1) is 8.72. The Bertz CT molecular complexity index is 352. The summed E-state index contributed by atoms with van der Waals surface area (Å²) >= 11 is 0. The molecule has 1 heterocycles. The van der Waals surface area contributed by atoms with Crippen LogP contribution in [0.5, 0.6) is 0 Å². The molecule has 3 heteroatoms. The molecule has 1 aliphatic heterocycles. The molecule has 0 spiro atoms. The molecule has 2 rings (SSSR count). The van der Waals surface area contributed by atoms with Crippen molar-refractivity contribution in [1.82, 2.24) is 9.80 Å². The van der Waals surface area contributed by atoms with Crippen molar-refractivity contribution in [3.8, 4) is 0 Å². The van der Waals surface area contributed by atoms with Gasteiger partial charge in [0, 0.05) is 18.2 Å². The summed E-state index contributed by atoms with van der Waals surface area (Å²) in [5, 5.41) is 0. The summed E-state index contributed by atoms with van der Waals surface area (Å²) in [6, 6.07) is 0.391. The topological polar surface area (TPSA) is 23.6 Å². The fraction of sp³-hybridized carbons (Fsp3) is 0.667. The fourth-order valence-electron chi connectivity index (χ4n) is 2.76. The standard InChI is InChI=1S/C15H24N2O/c1-3-15(18)17(13-7-5-4-6-8-13)14-9-11-16(2)12-10-14/h5,7-8,14H,3-4,6,9-12H2,1-2H3. The Morgan fingerprint density at radius 1 is 1.39 bits per heavy atom. The molecule has 1 fully saturated rings. The normalized spacial score (nSPS) is 21.8. The predicted octanol–water partition coefficient (Wildman–Crippen LogP) is 2.55. The number of carbonyl (C=O) groups is 1. The van der Waals surface area contributed by atoms with E-state index in [-0.39, 0.29) is 5.91 Å². The maximum Gasteiger partial charge on any atom is 0.226 e. The van der Waals surface area contributed by atoms with Crippen LogP contribution >= 0.6 is 0 Å². The van der Waals surface area contributed by atoms with E-state index in [1.165, 1.54) is 0 Å². The van der Waals surface area contributed by atoms with E-state index in [4.69, 9.17) is 0 Å². The molecule has 100 valence electrons. The quantitative estimate of drug-likeness (QED) is 0.766. The van der Waals surface area contributed by atoms with Crippen LogP contribution in [-0.4, -0.2) is 41.9 Å². The van der Waals surface area contributed by atoms with Crippen LogP contribution in [0.1, 0.15) is 39.0 Å². The second-order valence-corrected chi connectivity index (χ2v) is 5.26. The van der Waals surface area contributed by atoms with Gasteiger partial charge in [0.05, 0.1) is 0 Å². The lowest BCUT2D eigenvalue weighted by molar-refractivity contribution is -0.131. The molecule has 1 aliphatic carbocycles. The Morgan fingerprint density at radius 3 is 2.67 bits per heavy atom. The minimum atomic E-state index is 0.266. The van der Waals surface area contributed by atoms with Gasteiger partial charge in [0.1, 0.15) is 0 Å². The number of amides is 1. The fourth-order valence-corrected chi connectivity index (χ4v) is 2.76. The number of nitrogens with zero attached hydrogens (tertiary/aromatic N) is 2. The molecule has 0 saturated carbocycles. The van der Waals surface area contributed by atoms with Crippen LogP contribution in [0.25, 0.3) is 0 Å². The van der Waals surface area contributed by atoms with Crippen molar-refractivity contribution in [2.45, 2.75) is 45.1 Å². The van der Waals surface area contributed by atoms with E-state index in [1.54, 1.807) is 0 Å². The highest BCUT2D eigenvalue weighted by Gasteiger charge is 2.27. The SMILES string of the molecule is CCC(=O)N(C1=CCCC=C1)C1CCN(C)CC1. The number of piperidine rings is 1. The molecule has 1 saturated heterocycles. The van der Waals surface area contributed by atoms with E-state index >= 15 is 0 Å². The maximum atomic E-state index is 12.2. The van der Waals surface area contributed by atoms with Gasteiger partial charge in [-0.2, -0.15) is 0 Å². The second-order valence-electron chi connectivity index (χ2n) is 5.26. The minimum absolute atomic E-state index is 0.266. The van der Waals surface area contributed by atoms with Crippen LogP contribution in [0.4, 0.5) is 0 Å². The summed E-state index contributed by atoms with van der Waals surface area (Å²) in [5.74, 6) is 0.266. The Balaban J connectivity index is 2.12. The zero-order valence-corrected chi connectivity index (χ0v) is 11.6. The van der Waals surface area contributed by atoms with Gasteiger partial charge in [-0.3, -0.25) is 4.79 Å². The van der Waals surface area contributed by atoms with E-state index in [2.05, 4.69) is 35.1 Å². The summed E-state index contributed by atoms with van der Waals surface area (Å²) in [7, 11) is 2.15. The molecule has 0 atom stereocenters. The Labute approximate surface area is 110 Å². The lowest BCUT2D eigenvalue weighted by atomic mass is 10.0. The molecule has 3 nitrogen and oxygen atoms in total. The molecule has 0 aromatic carbocycles. The highest BCUT2D eigenvalue weighted by atomic mass is 16.2. The molecule has 0 aromatic rings. The summed E-state index contributed by atoms with van der Waals surface area (Å²) < 4.78 is 0. The Morgan fingerprint density at radius 2 is 2.11 bits per heavy atom. The highest BCUT2D eigenvalue weighted by Crippen LogP contribution is 2.24. The third kappa shape index (κ3) is 3.02. The van der Waals surface area contributed by atoms with Crippen molar-refractivity contribution in [2.75, 3.05) is 20.1 Å². The van der Waals surface area contributed by atoms with Gasteiger partial charge in [-0.15, -0.1) is 0 Å². The van der Waals surface area contributed by atoms with Crippen molar-refractivity contribution >= 4 is 5.91 Å². The van der Waals surface area contributed by atoms with Gasteiger partial charge >= 0.3 is 0 Å². The molecular formula is C15H24N2O. The summed E-state index contributed by atoms with van der Waals surface area (Å²) in [5.41, 5.74) is 1.13. The maximum absolute atomic E-state index is 12.2. The zero-order valence-electron chi connectivity index (χ0n) is 11.6. The van der Waals surface area contributed by atoms with E-state index < -0.39 is 0 Å². The predicted molar refractivity (Wildman–Crippen MR) is 74.1 cm³/mol. The van der Waals surface area contributed by atoms with Crippen LogP contribution in [0.15, 0.2) is 23.9 Å². The van der Waals surface area contributed by atoms with Crippen molar-refractivity contribution in [3.05, 3.63) is 23.9 Å². The molecule has 0 unspecified atom stereocenters. The average molecular weight is 248 g/mol. The van der Waals surface area contributed by atoms with Crippen molar-refractivity contribution in [3.63, 3.8) is 0 Å². The smallest absolute Gasteiger partial charge is 0.226 e. The van der Waals surface area contributed by atoms with Gasteiger partial charge in [0.2, 0.25) is 5.91 Å². The van der Waals surface area contributed by atoms with Gasteiger partial charge in [-0.1, -0.05) is 19.1 Å². The third-order valence-corrected chi connectivity index (χ3v) is 3.88. The number of carbonyl (C=O) groups excluding carboxylic acids is 1. The first-order valence-corrected chi connectivity index (χ1v) is 7.09. The first-order valence-electron chi connectivity index (χ1n) is 7.09. The van der Waals surface area contributed by atoms with Gasteiger partial charge in [-0.05, 0) is 51.9 Å². The van der Waals surface area contributed by atoms with Gasteiger partial charge < -0.3 is 9.80 Å². The minimum Gasteiger partial charge on any atom is -0.310 e. The highest BCUT2D eigenvalue weighted by molar-refractivity contribution is 5.78. The largest absolute Gasteiger partial charge is 0.310 e. The van der Waals surface area contributed by atoms with Crippen molar-refractivity contribution in [2.24, 2.45) is 0 Å². The number of hydrogen-bond acceptors (Lipinski definition) is 2. The first kappa shape index (κ1) is 13.3. The summed E-state index contributed by atoms with van der Waals surface area (Å²) in [6.45, 7) is 4.14. The lowest BCUT2D eigenvalue weighted by Crippen LogP contribution is -2.45. The zero-order chi connectivity index (χ0) is 13.0. The molecular weight excluding hydrogens is 224 g/mol. The lowest BCUT2D eigenvalue weighted by Gasteiger charge is -2.38. The van der Waals surface area contributed by atoms with Crippen molar-refractivity contribution < 1.29 is 4.79 Å². The number of allylic oxidation sites excluding steroid dienone is 3. The number of rotatable bonds is 3. The van der Waals surface area contributed by atoms with E-state index in [1.807, 2.05) is 6.92 Å². The van der Waals surface area contributed by atoms with E-state index in [9.17, 15) is 4.79 Å². The van der Waals surface area contributed by atoms with Gasteiger partial charge in [-0.25, -0.2) is 0 Å². The second kappa shape index (κ2) is 6.19. The van der Waals surface area contributed by atoms with Gasteiger partial charge in [0.25, 0.3) is 0 Å². The van der Waals surface area contributed by atoms with Crippen LogP contribution in [0, 0.1) is 0 Å². The van der Waals surface area contributed by atoms with Gasteiger partial charge in [0.15, 0.2) is 0 Å². The molecule has 0 radical (unpaired) electrons. The van der Waals surface area contributed by atoms with E-state index in [0.29, 0.717) is 12.5 Å². The average Bonchev–Trinajstić information content (AvgIpc) is 2.42.